The summed E-state index contributed by atoms with van der Waals surface area (Å²) in [4.78, 5) is 11.8. The largest absolute Gasteiger partial charge is 0.460 e. The van der Waals surface area contributed by atoms with Crippen LogP contribution in [0.2, 0.25) is 0 Å². The Morgan fingerprint density at radius 1 is 1.29 bits per heavy atom. The minimum absolute atomic E-state index is 0.155. The van der Waals surface area contributed by atoms with E-state index in [1.165, 1.54) is 0 Å². The molecule has 0 heterocycles. The zero-order chi connectivity index (χ0) is 11.6. The number of hydrogen-bond donors (Lipinski definition) is 1. The highest BCUT2D eigenvalue weighted by Crippen LogP contribution is 2.25. The fourth-order valence-electron chi connectivity index (χ4n) is 1.07. The van der Waals surface area contributed by atoms with Gasteiger partial charge in [0.1, 0.15) is 5.60 Å². The monoisotopic (exact) mass is 201 g/mol. The molecule has 2 N–H and O–H groups in total. The first-order chi connectivity index (χ1) is 6.11. The second-order valence-corrected chi connectivity index (χ2v) is 5.24. The Balaban J connectivity index is 4.52. The van der Waals surface area contributed by atoms with Crippen molar-refractivity contribution in [2.24, 2.45) is 11.1 Å². The summed E-state index contributed by atoms with van der Waals surface area (Å²) in [5.41, 5.74) is 4.82. The van der Waals surface area contributed by atoms with Crippen molar-refractivity contribution in [3.8, 4) is 0 Å². The van der Waals surface area contributed by atoms with E-state index >= 15 is 0 Å². The molecule has 0 aliphatic carbocycles. The van der Waals surface area contributed by atoms with Crippen LogP contribution in [0.1, 0.15) is 48.0 Å². The SMILES string of the molecule is CC[C@@H](N)C(C)(C)C(=O)OC(C)(C)C. The van der Waals surface area contributed by atoms with E-state index in [4.69, 9.17) is 10.5 Å². The lowest BCUT2D eigenvalue weighted by Crippen LogP contribution is -2.45. The third-order valence-electron chi connectivity index (χ3n) is 2.29. The van der Waals surface area contributed by atoms with Crippen LogP contribution in [0.3, 0.4) is 0 Å². The van der Waals surface area contributed by atoms with Crippen molar-refractivity contribution in [2.75, 3.05) is 0 Å². The highest BCUT2D eigenvalue weighted by Gasteiger charge is 2.37. The first-order valence-corrected chi connectivity index (χ1v) is 5.10. The lowest BCUT2D eigenvalue weighted by Gasteiger charge is -2.32. The van der Waals surface area contributed by atoms with Crippen LogP contribution < -0.4 is 5.73 Å². The zero-order valence-corrected chi connectivity index (χ0v) is 10.2. The molecule has 0 saturated carbocycles. The molecule has 3 heteroatoms. The summed E-state index contributed by atoms with van der Waals surface area (Å²) in [6, 6.07) is -0.155. The Kier molecular flexibility index (Phi) is 4.13. The zero-order valence-electron chi connectivity index (χ0n) is 10.2. The summed E-state index contributed by atoms with van der Waals surface area (Å²) in [5, 5.41) is 0. The van der Waals surface area contributed by atoms with Crippen LogP contribution in [-0.2, 0) is 9.53 Å². The highest BCUT2D eigenvalue weighted by atomic mass is 16.6. The van der Waals surface area contributed by atoms with Crippen molar-refractivity contribution in [3.63, 3.8) is 0 Å². The van der Waals surface area contributed by atoms with E-state index < -0.39 is 11.0 Å². The average molecular weight is 201 g/mol. The fraction of sp³-hybridized carbons (Fsp3) is 0.909. The molecule has 1 atom stereocenters. The van der Waals surface area contributed by atoms with Gasteiger partial charge in [-0.2, -0.15) is 0 Å². The second-order valence-electron chi connectivity index (χ2n) is 5.24. The van der Waals surface area contributed by atoms with Gasteiger partial charge in [0.2, 0.25) is 0 Å². The number of esters is 1. The molecule has 0 aliphatic rings. The van der Waals surface area contributed by atoms with Crippen molar-refractivity contribution < 1.29 is 9.53 Å². The summed E-state index contributed by atoms with van der Waals surface area (Å²) in [7, 11) is 0. The fourth-order valence-corrected chi connectivity index (χ4v) is 1.07. The molecular weight excluding hydrogens is 178 g/mol. The van der Waals surface area contributed by atoms with Gasteiger partial charge in [-0.15, -0.1) is 0 Å². The lowest BCUT2D eigenvalue weighted by atomic mass is 9.83. The van der Waals surface area contributed by atoms with Crippen LogP contribution in [0, 0.1) is 5.41 Å². The Labute approximate surface area is 87.0 Å². The summed E-state index contributed by atoms with van der Waals surface area (Å²) in [6.45, 7) is 11.2. The van der Waals surface area contributed by atoms with Gasteiger partial charge in [0, 0.05) is 6.04 Å². The predicted octanol–water partition coefficient (Wildman–Crippen LogP) is 2.09. The van der Waals surface area contributed by atoms with Crippen LogP contribution in [0.4, 0.5) is 0 Å². The number of carbonyl (C=O) groups is 1. The van der Waals surface area contributed by atoms with Gasteiger partial charge in [-0.3, -0.25) is 4.79 Å². The van der Waals surface area contributed by atoms with E-state index in [-0.39, 0.29) is 12.0 Å². The molecule has 0 aromatic carbocycles. The van der Waals surface area contributed by atoms with E-state index in [9.17, 15) is 4.79 Å². The highest BCUT2D eigenvalue weighted by molar-refractivity contribution is 5.77. The van der Waals surface area contributed by atoms with E-state index in [2.05, 4.69) is 0 Å². The van der Waals surface area contributed by atoms with Crippen molar-refractivity contribution >= 4 is 5.97 Å². The van der Waals surface area contributed by atoms with Gasteiger partial charge in [0.05, 0.1) is 5.41 Å². The molecule has 3 nitrogen and oxygen atoms in total. The summed E-state index contributed by atoms with van der Waals surface area (Å²) < 4.78 is 5.31. The molecule has 0 saturated heterocycles. The number of nitrogens with two attached hydrogens (primary N) is 1. The van der Waals surface area contributed by atoms with Gasteiger partial charge in [-0.1, -0.05) is 6.92 Å². The molecule has 0 fully saturated rings. The maximum absolute atomic E-state index is 11.8. The number of ether oxygens (including phenoxy) is 1. The molecule has 0 aromatic rings. The third kappa shape index (κ3) is 3.66. The molecule has 0 aromatic heterocycles. The summed E-state index contributed by atoms with van der Waals surface area (Å²) in [6.07, 6.45) is 0.770. The molecular formula is C11H23NO2. The molecule has 0 bridgehead atoms. The van der Waals surface area contributed by atoms with Gasteiger partial charge < -0.3 is 10.5 Å². The lowest BCUT2D eigenvalue weighted by molar-refractivity contribution is -0.166. The molecule has 84 valence electrons. The molecule has 0 spiro atoms. The molecule has 0 radical (unpaired) electrons. The van der Waals surface area contributed by atoms with Crippen molar-refractivity contribution in [1.29, 1.82) is 0 Å². The predicted molar refractivity (Wildman–Crippen MR) is 57.9 cm³/mol. The average Bonchev–Trinajstić information content (AvgIpc) is 1.99. The van der Waals surface area contributed by atoms with Crippen LogP contribution in [0.15, 0.2) is 0 Å². The quantitative estimate of drug-likeness (QED) is 0.711. The first kappa shape index (κ1) is 13.4. The molecule has 0 rings (SSSR count). The maximum atomic E-state index is 11.8. The van der Waals surface area contributed by atoms with E-state index in [0.29, 0.717) is 0 Å². The Hall–Kier alpha value is -0.570. The number of hydrogen-bond acceptors (Lipinski definition) is 3. The van der Waals surface area contributed by atoms with E-state index in [1.807, 2.05) is 41.5 Å². The topological polar surface area (TPSA) is 52.3 Å². The molecule has 0 aliphatic heterocycles. The Morgan fingerprint density at radius 3 is 2.00 bits per heavy atom. The molecule has 0 unspecified atom stereocenters. The van der Waals surface area contributed by atoms with Crippen molar-refractivity contribution in [1.82, 2.24) is 0 Å². The first-order valence-electron chi connectivity index (χ1n) is 5.10. The minimum atomic E-state index is -0.609. The standard InChI is InChI=1S/C11H23NO2/c1-7-8(12)11(5,6)9(13)14-10(2,3)4/h8H,7,12H2,1-6H3/t8-/m1/s1. The van der Waals surface area contributed by atoms with Gasteiger partial charge in [-0.05, 0) is 41.0 Å². The van der Waals surface area contributed by atoms with Crippen LogP contribution in [-0.4, -0.2) is 17.6 Å². The van der Waals surface area contributed by atoms with E-state index in [1.54, 1.807) is 0 Å². The smallest absolute Gasteiger partial charge is 0.313 e. The van der Waals surface area contributed by atoms with Gasteiger partial charge in [-0.25, -0.2) is 0 Å². The summed E-state index contributed by atoms with van der Waals surface area (Å²) >= 11 is 0. The van der Waals surface area contributed by atoms with Crippen molar-refractivity contribution in [3.05, 3.63) is 0 Å². The number of rotatable bonds is 3. The van der Waals surface area contributed by atoms with Gasteiger partial charge in [0.25, 0.3) is 0 Å². The van der Waals surface area contributed by atoms with Crippen LogP contribution in [0.25, 0.3) is 0 Å². The van der Waals surface area contributed by atoms with Crippen LogP contribution in [0.5, 0.6) is 0 Å². The van der Waals surface area contributed by atoms with E-state index in [0.717, 1.165) is 6.42 Å². The Bertz CT molecular complexity index is 204. The molecule has 0 amide bonds. The van der Waals surface area contributed by atoms with Gasteiger partial charge in [0.15, 0.2) is 0 Å². The normalized spacial score (nSPS) is 15.1. The van der Waals surface area contributed by atoms with Crippen molar-refractivity contribution in [2.45, 2.75) is 59.6 Å². The third-order valence-corrected chi connectivity index (χ3v) is 2.29. The summed E-state index contributed by atoms with van der Waals surface area (Å²) in [5.74, 6) is -0.223. The van der Waals surface area contributed by atoms with Gasteiger partial charge >= 0.3 is 5.97 Å². The maximum Gasteiger partial charge on any atom is 0.313 e. The Morgan fingerprint density at radius 2 is 1.71 bits per heavy atom. The van der Waals surface area contributed by atoms with Crippen LogP contribution >= 0.6 is 0 Å². The molecule has 14 heavy (non-hydrogen) atoms. The minimum Gasteiger partial charge on any atom is -0.460 e. The second kappa shape index (κ2) is 4.30. The number of carbonyl (C=O) groups excluding carboxylic acids is 1.